The number of quaternary nitrogens is 2. The maximum absolute atomic E-state index is 10.4. The molecule has 112 valence electrons. The van der Waals surface area contributed by atoms with E-state index in [2.05, 4.69) is 0 Å². The van der Waals surface area contributed by atoms with Gasteiger partial charge >= 0.3 is 126 Å². The van der Waals surface area contributed by atoms with Crippen LogP contribution in [0.2, 0.25) is 0 Å². The van der Waals surface area contributed by atoms with Crippen LogP contribution in [0, 0.1) is 0 Å². The van der Waals surface area contributed by atoms with Crippen LogP contribution in [-0.2, 0) is 28.8 Å². The first-order valence-electron chi connectivity index (χ1n) is 5.26. The molecule has 10 nitrogen and oxygen atoms in total. The van der Waals surface area contributed by atoms with Gasteiger partial charge in [-0.3, -0.25) is 0 Å². The Morgan fingerprint density at radius 3 is 1.00 bits per heavy atom. The van der Waals surface area contributed by atoms with Gasteiger partial charge in [-0.2, -0.15) is 8.97 Å². The Morgan fingerprint density at radius 1 is 0.773 bits per heavy atom. The van der Waals surface area contributed by atoms with Crippen molar-refractivity contribution < 1.29 is 154 Å². The first-order valence-corrected chi connectivity index (χ1v) is 5.26. The molecule has 0 bridgehead atoms. The fraction of sp³-hybridized carbons (Fsp3) is 0.400. The number of likely N-dealkylation sites (N-methyl/N-ethyl adjacent to an activating group) is 2. The number of imide groups is 2. The van der Waals surface area contributed by atoms with Gasteiger partial charge < -0.3 is 22.7 Å². The zero-order valence-electron chi connectivity index (χ0n) is 14.6. The molecule has 0 spiro atoms. The number of rotatable bonds is 4. The smallest absolute Gasteiger partial charge is 1.00 e. The molecule has 2 aliphatic heterocycles. The second-order valence-electron chi connectivity index (χ2n) is 4.66. The predicted octanol–water partition coefficient (Wildman–Crippen LogP) is -11.3. The average Bonchev–Trinajstić information content (AvgIpc) is 2.95. The third-order valence-corrected chi connectivity index (χ3v) is 2.95. The number of amides is 4. The topological polar surface area (TPSA) is 149 Å². The Hall–Kier alpha value is 0.813. The quantitative estimate of drug-likeness (QED) is 0.206. The maximum atomic E-state index is 10.4. The summed E-state index contributed by atoms with van der Waals surface area (Å²) in [6.07, 6.45) is 0. The third-order valence-electron chi connectivity index (χ3n) is 2.95. The van der Waals surface area contributed by atoms with E-state index in [9.17, 15) is 39.0 Å². The molecule has 2 rings (SSSR count). The predicted molar refractivity (Wildman–Crippen MR) is 54.4 cm³/mol. The van der Waals surface area contributed by atoms with Crippen molar-refractivity contribution in [3.63, 3.8) is 0 Å². The Kier molecular flexibility index (Phi) is 10.00. The molecule has 2 fully saturated rings. The van der Waals surface area contributed by atoms with Gasteiger partial charge in [-0.25, -0.2) is 19.2 Å². The van der Waals surface area contributed by atoms with Gasteiger partial charge in [0.2, 0.25) is 0 Å². The second kappa shape index (κ2) is 8.78. The summed E-state index contributed by atoms with van der Waals surface area (Å²) in [5, 5.41) is 19.8. The zero-order chi connectivity index (χ0) is 15.9. The molecule has 0 N–H and O–H groups in total. The SMILES string of the molecule is C[N+]1(CC(=O)[O-])C(=O)C1=O.C[N+]1(CC(=O)[O-])C(=O)C1=O.[H-].[H-].[K+].[K+]. The number of hydrogen-bond donors (Lipinski definition) is 0. The third kappa shape index (κ3) is 5.42. The normalized spacial score (nSPS) is 19.0. The summed E-state index contributed by atoms with van der Waals surface area (Å²) in [5.41, 5.74) is 0. The average molecular weight is 366 g/mol. The van der Waals surface area contributed by atoms with Crippen LogP contribution in [0.1, 0.15) is 2.85 Å². The molecule has 0 aromatic carbocycles. The van der Waals surface area contributed by atoms with Crippen molar-refractivity contribution in [3.8, 4) is 0 Å². The first-order chi connectivity index (χ1) is 8.96. The largest absolute Gasteiger partial charge is 1.00 e. The van der Waals surface area contributed by atoms with Crippen LogP contribution in [0.5, 0.6) is 0 Å². The van der Waals surface area contributed by atoms with E-state index >= 15 is 0 Å². The van der Waals surface area contributed by atoms with E-state index in [1.807, 2.05) is 0 Å². The number of carbonyl (C=O) groups is 6. The van der Waals surface area contributed by atoms with Crippen molar-refractivity contribution in [1.82, 2.24) is 0 Å². The molecule has 22 heavy (non-hydrogen) atoms. The van der Waals surface area contributed by atoms with Crippen LogP contribution in [0.3, 0.4) is 0 Å². The summed E-state index contributed by atoms with van der Waals surface area (Å²) >= 11 is 0. The Balaban J connectivity index is -0.000000143. The molecule has 4 amide bonds. The van der Waals surface area contributed by atoms with Crippen LogP contribution in [0.25, 0.3) is 0 Å². The first kappa shape index (κ1) is 25.1. The van der Waals surface area contributed by atoms with Crippen LogP contribution in [0.15, 0.2) is 0 Å². The molecule has 0 unspecified atom stereocenters. The molecule has 2 saturated heterocycles. The van der Waals surface area contributed by atoms with Gasteiger partial charge in [0, 0.05) is 0 Å². The summed E-state index contributed by atoms with van der Waals surface area (Å²) in [7, 11) is 2.50. The summed E-state index contributed by atoms with van der Waals surface area (Å²) in [4.78, 5) is 61.5. The van der Waals surface area contributed by atoms with Gasteiger partial charge in [0.1, 0.15) is 13.1 Å². The monoisotopic (exact) mass is 366 g/mol. The van der Waals surface area contributed by atoms with E-state index < -0.39 is 57.6 Å². The molecule has 0 saturated carbocycles. The standard InChI is InChI=1S/2C5H5NO4.2K.2H/c2*1-6(2-3(7)8)4(9)5(6)10;;;;/h2*2H2,1H3;;;;/q;;2*+1;2*-1. The zero-order valence-corrected chi connectivity index (χ0v) is 18.8. The summed E-state index contributed by atoms with van der Waals surface area (Å²) in [6.45, 7) is -1.09. The number of nitrogens with zero attached hydrogens (tertiary/aromatic N) is 2. The van der Waals surface area contributed by atoms with E-state index in [-0.39, 0.29) is 106 Å². The number of carbonyl (C=O) groups excluding carboxylic acids is 6. The van der Waals surface area contributed by atoms with E-state index in [0.29, 0.717) is 0 Å². The number of carboxylic acids is 2. The molecule has 0 aromatic heterocycles. The molecule has 0 atom stereocenters. The van der Waals surface area contributed by atoms with Crippen LogP contribution >= 0.6 is 0 Å². The Morgan fingerprint density at radius 2 is 0.955 bits per heavy atom. The molecule has 0 aliphatic carbocycles. The van der Waals surface area contributed by atoms with E-state index in [4.69, 9.17) is 0 Å². The minimum Gasteiger partial charge on any atom is -1.00 e. The van der Waals surface area contributed by atoms with E-state index in [1.54, 1.807) is 0 Å². The number of carboxylic acid groups (broad SMARTS) is 2. The molecule has 2 heterocycles. The fourth-order valence-corrected chi connectivity index (χ4v) is 1.41. The van der Waals surface area contributed by atoms with E-state index in [1.165, 1.54) is 14.1 Å². The van der Waals surface area contributed by atoms with Crippen LogP contribution in [-0.4, -0.2) is 71.7 Å². The molecular formula is C10H12K2N2O8. The molecule has 0 aromatic rings. The maximum Gasteiger partial charge on any atom is 1.00 e. The Bertz CT molecular complexity index is 505. The van der Waals surface area contributed by atoms with Crippen LogP contribution < -0.4 is 113 Å². The van der Waals surface area contributed by atoms with Crippen molar-refractivity contribution >= 4 is 35.6 Å². The molecular weight excluding hydrogens is 354 g/mol. The van der Waals surface area contributed by atoms with Gasteiger partial charge in [-0.1, -0.05) is 0 Å². The summed E-state index contributed by atoms with van der Waals surface area (Å²) in [6, 6.07) is 0. The van der Waals surface area contributed by atoms with Crippen molar-refractivity contribution in [3.05, 3.63) is 0 Å². The number of aliphatic carboxylic acids is 2. The van der Waals surface area contributed by atoms with Gasteiger partial charge in [0.15, 0.2) is 0 Å². The van der Waals surface area contributed by atoms with Gasteiger partial charge in [0.05, 0.1) is 26.0 Å². The van der Waals surface area contributed by atoms with E-state index in [0.717, 1.165) is 0 Å². The summed E-state index contributed by atoms with van der Waals surface area (Å²) in [5.74, 6) is -5.43. The van der Waals surface area contributed by atoms with Gasteiger partial charge in [-0.15, -0.1) is 0 Å². The van der Waals surface area contributed by atoms with Crippen molar-refractivity contribution in [2.45, 2.75) is 0 Å². The van der Waals surface area contributed by atoms with Crippen molar-refractivity contribution in [2.75, 3.05) is 27.2 Å². The second-order valence-corrected chi connectivity index (χ2v) is 4.66. The molecule has 2 aliphatic rings. The van der Waals surface area contributed by atoms with Gasteiger partial charge in [-0.05, 0) is 0 Å². The van der Waals surface area contributed by atoms with Crippen molar-refractivity contribution in [2.24, 2.45) is 0 Å². The Labute approximate surface area is 212 Å². The fourth-order valence-electron chi connectivity index (χ4n) is 1.41. The van der Waals surface area contributed by atoms with Crippen LogP contribution in [0.4, 0.5) is 0 Å². The van der Waals surface area contributed by atoms with Crippen molar-refractivity contribution in [1.29, 1.82) is 0 Å². The molecule has 0 radical (unpaired) electrons. The summed E-state index contributed by atoms with van der Waals surface area (Å²) < 4.78 is -1.27. The molecule has 12 heteroatoms. The van der Waals surface area contributed by atoms with Gasteiger partial charge in [0.25, 0.3) is 0 Å². The number of hydrogen-bond acceptors (Lipinski definition) is 8. The minimum atomic E-state index is -1.39. The minimum absolute atomic E-state index is 0.